The summed E-state index contributed by atoms with van der Waals surface area (Å²) in [5.74, 6) is -9.68. The summed E-state index contributed by atoms with van der Waals surface area (Å²) in [4.78, 5) is 52.4. The molecule has 13 heteroatoms. The van der Waals surface area contributed by atoms with E-state index in [1.807, 2.05) is 0 Å². The SMILES string of the molecule is NC(=O)C1=C(O)C[C@@H]2CC3Cc4c(F)cc(NC(=O)CN5CC[C@@H](O)C5)c(O)c4C(=O)C3=C(O)[C@]2(O)C1=O. The first kappa shape index (κ1) is 25.8. The second kappa shape index (κ2) is 8.89. The smallest absolute Gasteiger partial charge is 0.255 e. The van der Waals surface area contributed by atoms with Gasteiger partial charge in [-0.25, -0.2) is 4.39 Å². The number of aliphatic hydroxyl groups excluding tert-OH is 3. The fourth-order valence-corrected chi connectivity index (χ4v) is 6.09. The number of aromatic hydroxyl groups is 1. The molecule has 202 valence electrons. The molecule has 4 aliphatic rings. The molecule has 12 nitrogen and oxygen atoms in total. The number of carbonyl (C=O) groups is 4. The van der Waals surface area contributed by atoms with Crippen molar-refractivity contribution >= 4 is 29.1 Å². The predicted molar refractivity (Wildman–Crippen MR) is 126 cm³/mol. The maximum atomic E-state index is 15.2. The Morgan fingerprint density at radius 1 is 1.21 bits per heavy atom. The first-order chi connectivity index (χ1) is 17.8. The van der Waals surface area contributed by atoms with Gasteiger partial charge in [-0.1, -0.05) is 0 Å². The molecule has 0 bridgehead atoms. The first-order valence-electron chi connectivity index (χ1n) is 12.1. The molecule has 0 spiro atoms. The maximum Gasteiger partial charge on any atom is 0.255 e. The fraction of sp³-hybridized carbons (Fsp3) is 0.440. The van der Waals surface area contributed by atoms with Crippen LogP contribution in [0.15, 0.2) is 28.7 Å². The lowest BCUT2D eigenvalue weighted by molar-refractivity contribution is -0.144. The molecule has 0 aromatic heterocycles. The highest BCUT2D eigenvalue weighted by Crippen LogP contribution is 2.52. The van der Waals surface area contributed by atoms with E-state index in [0.717, 1.165) is 6.07 Å². The Morgan fingerprint density at radius 2 is 1.92 bits per heavy atom. The fourth-order valence-electron chi connectivity index (χ4n) is 6.09. The first-order valence-corrected chi connectivity index (χ1v) is 12.1. The van der Waals surface area contributed by atoms with Crippen molar-refractivity contribution in [3.8, 4) is 5.75 Å². The van der Waals surface area contributed by atoms with E-state index in [1.165, 1.54) is 0 Å². The van der Waals surface area contributed by atoms with Crippen LogP contribution >= 0.6 is 0 Å². The van der Waals surface area contributed by atoms with Gasteiger partial charge in [-0.05, 0) is 25.2 Å². The van der Waals surface area contributed by atoms with Gasteiger partial charge >= 0.3 is 0 Å². The molecule has 1 unspecified atom stereocenters. The topological polar surface area (TPSA) is 211 Å². The molecule has 5 rings (SSSR count). The number of hydrogen-bond donors (Lipinski definition) is 7. The molecule has 3 aliphatic carbocycles. The lowest BCUT2D eigenvalue weighted by Gasteiger charge is -2.45. The van der Waals surface area contributed by atoms with Gasteiger partial charge in [-0.3, -0.25) is 24.1 Å². The Hall–Kier alpha value is -3.81. The summed E-state index contributed by atoms with van der Waals surface area (Å²) in [6.07, 6.45) is -0.769. The van der Waals surface area contributed by atoms with Gasteiger partial charge < -0.3 is 36.6 Å². The molecule has 1 fully saturated rings. The van der Waals surface area contributed by atoms with E-state index in [9.17, 15) is 44.7 Å². The summed E-state index contributed by atoms with van der Waals surface area (Å²) < 4.78 is 15.2. The van der Waals surface area contributed by atoms with Crippen molar-refractivity contribution in [3.63, 3.8) is 0 Å². The molecule has 1 saturated heterocycles. The van der Waals surface area contributed by atoms with E-state index < -0.39 is 86.7 Å². The summed E-state index contributed by atoms with van der Waals surface area (Å²) in [6, 6.07) is 0.879. The molecule has 2 amide bonds. The van der Waals surface area contributed by atoms with Crippen molar-refractivity contribution in [3.05, 3.63) is 45.7 Å². The standard InChI is InChI=1S/C25H26FN3O9/c26-13-6-14(28-16(32)8-29-2-1-11(30)7-29)20(33)18-12(13)4-9-3-10-5-15(31)19(24(27)37)23(36)25(10,38)22(35)17(9)21(18)34/h6,9-11,30-31,33,35,38H,1-5,7-8H2,(H2,27,37)(H,28,32)/t9?,10-,11+,25-/m0/s1. The average Bonchev–Trinajstić information content (AvgIpc) is 3.23. The number of nitrogens with two attached hydrogens (primary N) is 1. The average molecular weight is 531 g/mol. The summed E-state index contributed by atoms with van der Waals surface area (Å²) in [7, 11) is 0. The number of phenolic OH excluding ortho intramolecular Hbond substituents is 1. The number of anilines is 1. The molecule has 8 N–H and O–H groups in total. The minimum atomic E-state index is -2.73. The second-order valence-corrected chi connectivity index (χ2v) is 10.2. The third-order valence-corrected chi connectivity index (χ3v) is 7.90. The largest absolute Gasteiger partial charge is 0.511 e. The Kier molecular flexibility index (Phi) is 6.04. The van der Waals surface area contributed by atoms with Crippen molar-refractivity contribution in [2.75, 3.05) is 25.0 Å². The van der Waals surface area contributed by atoms with Gasteiger partial charge in [0.25, 0.3) is 5.91 Å². The number of Topliss-reactive ketones (excluding diaryl/α,β-unsaturated/α-hetero) is 2. The number of rotatable bonds is 4. The third-order valence-electron chi connectivity index (χ3n) is 7.90. The maximum absolute atomic E-state index is 15.2. The van der Waals surface area contributed by atoms with Crippen LogP contribution in [0.3, 0.4) is 0 Å². The highest BCUT2D eigenvalue weighted by molar-refractivity contribution is 6.24. The van der Waals surface area contributed by atoms with Crippen LogP contribution in [0.1, 0.15) is 35.2 Å². The van der Waals surface area contributed by atoms with Gasteiger partial charge in [0.05, 0.1) is 23.9 Å². The highest BCUT2D eigenvalue weighted by Gasteiger charge is 2.59. The van der Waals surface area contributed by atoms with Crippen LogP contribution in [-0.4, -0.2) is 85.2 Å². The lowest BCUT2D eigenvalue weighted by Crippen LogP contribution is -2.57. The van der Waals surface area contributed by atoms with Gasteiger partial charge in [0.2, 0.25) is 11.7 Å². The number of amides is 2. The Labute approximate surface area is 214 Å². The minimum absolute atomic E-state index is 0.122. The number of β-amino-alcohol motifs (C(OH)–C–C–N with tert-alkyl or cyclic N) is 1. The van der Waals surface area contributed by atoms with Crippen molar-refractivity contribution in [1.82, 2.24) is 4.90 Å². The van der Waals surface area contributed by atoms with Crippen LogP contribution in [0.25, 0.3) is 0 Å². The number of ketones is 2. The van der Waals surface area contributed by atoms with Crippen LogP contribution in [0, 0.1) is 17.7 Å². The van der Waals surface area contributed by atoms with Crippen molar-refractivity contribution in [1.29, 1.82) is 0 Å². The number of allylic oxidation sites excluding steroid dienone is 2. The number of benzene rings is 1. The highest BCUT2D eigenvalue weighted by atomic mass is 19.1. The quantitative estimate of drug-likeness (QED) is 0.200. The van der Waals surface area contributed by atoms with E-state index >= 15 is 4.39 Å². The molecule has 1 aromatic carbocycles. The molecule has 0 saturated carbocycles. The van der Waals surface area contributed by atoms with Crippen LogP contribution < -0.4 is 11.1 Å². The summed E-state index contributed by atoms with van der Waals surface area (Å²) in [5.41, 5.74) is 0.0383. The molecular formula is C25H26FN3O9. The van der Waals surface area contributed by atoms with E-state index in [1.54, 1.807) is 4.90 Å². The Morgan fingerprint density at radius 3 is 2.55 bits per heavy atom. The van der Waals surface area contributed by atoms with E-state index in [2.05, 4.69) is 5.32 Å². The Bertz CT molecular complexity index is 1370. The van der Waals surface area contributed by atoms with E-state index in [4.69, 9.17) is 5.73 Å². The van der Waals surface area contributed by atoms with Gasteiger partial charge in [0.15, 0.2) is 17.1 Å². The monoisotopic (exact) mass is 531 g/mol. The molecule has 1 aromatic rings. The minimum Gasteiger partial charge on any atom is -0.511 e. The molecule has 4 atom stereocenters. The van der Waals surface area contributed by atoms with Crippen molar-refractivity contribution in [2.45, 2.75) is 37.4 Å². The zero-order chi connectivity index (χ0) is 27.7. The molecule has 0 radical (unpaired) electrons. The Balaban J connectivity index is 1.51. The van der Waals surface area contributed by atoms with Crippen LogP contribution in [0.5, 0.6) is 5.75 Å². The lowest BCUT2D eigenvalue weighted by atomic mass is 9.60. The number of hydrogen-bond acceptors (Lipinski definition) is 10. The molecular weight excluding hydrogens is 505 g/mol. The van der Waals surface area contributed by atoms with Crippen LogP contribution in [-0.2, 0) is 20.8 Å². The zero-order valence-corrected chi connectivity index (χ0v) is 20.0. The van der Waals surface area contributed by atoms with Crippen LogP contribution in [0.4, 0.5) is 10.1 Å². The second-order valence-electron chi connectivity index (χ2n) is 10.2. The van der Waals surface area contributed by atoms with E-state index in [-0.39, 0.29) is 43.6 Å². The zero-order valence-electron chi connectivity index (χ0n) is 20.0. The number of phenols is 1. The third kappa shape index (κ3) is 3.77. The van der Waals surface area contributed by atoms with E-state index in [0.29, 0.717) is 13.0 Å². The van der Waals surface area contributed by atoms with Gasteiger partial charge in [-0.15, -0.1) is 0 Å². The molecule has 1 aliphatic heterocycles. The van der Waals surface area contributed by atoms with Gasteiger partial charge in [0, 0.05) is 42.6 Å². The molecule has 1 heterocycles. The summed E-state index contributed by atoms with van der Waals surface area (Å²) in [5, 5.41) is 55.3. The summed E-state index contributed by atoms with van der Waals surface area (Å²) >= 11 is 0. The summed E-state index contributed by atoms with van der Waals surface area (Å²) in [6.45, 7) is 0.605. The number of primary amides is 1. The van der Waals surface area contributed by atoms with Crippen molar-refractivity contribution in [2.24, 2.45) is 17.6 Å². The number of likely N-dealkylation sites (tertiary alicyclic amines) is 1. The molecule has 38 heavy (non-hydrogen) atoms. The van der Waals surface area contributed by atoms with Crippen LogP contribution in [0.2, 0.25) is 0 Å². The van der Waals surface area contributed by atoms with Gasteiger partial charge in [0.1, 0.15) is 22.9 Å². The predicted octanol–water partition coefficient (Wildman–Crippen LogP) is -0.275. The van der Waals surface area contributed by atoms with Gasteiger partial charge in [-0.2, -0.15) is 0 Å². The normalized spacial score (nSPS) is 29.2. The number of fused-ring (bicyclic) bond motifs is 3. The number of halogens is 1. The number of nitrogens with one attached hydrogen (secondary N) is 1. The number of aliphatic hydroxyl groups is 4. The van der Waals surface area contributed by atoms with Crippen molar-refractivity contribution < 1.29 is 49.1 Å². The number of nitrogens with zero attached hydrogens (tertiary/aromatic N) is 1. The number of carbonyl (C=O) groups excluding carboxylic acids is 4.